The van der Waals surface area contributed by atoms with Gasteiger partial charge in [-0.1, -0.05) is 53.7 Å². The summed E-state index contributed by atoms with van der Waals surface area (Å²) in [6.07, 6.45) is 0. The Morgan fingerprint density at radius 2 is 1.15 bits per heavy atom. The molecule has 4 nitrogen and oxygen atoms in total. The van der Waals surface area contributed by atoms with Gasteiger partial charge in [-0.2, -0.15) is 0 Å². The van der Waals surface area contributed by atoms with Crippen LogP contribution in [0.25, 0.3) is 33.3 Å². The van der Waals surface area contributed by atoms with Crippen LogP contribution in [-0.2, 0) is 10.8 Å². The second-order valence-electron chi connectivity index (χ2n) is 8.90. The number of aromatic nitrogens is 2. The lowest BCUT2D eigenvalue weighted by molar-refractivity contribution is 0.411. The van der Waals surface area contributed by atoms with Crippen LogP contribution in [0.3, 0.4) is 0 Å². The van der Waals surface area contributed by atoms with Gasteiger partial charge in [0, 0.05) is 10.8 Å². The highest BCUT2D eigenvalue weighted by Gasteiger charge is 2.22. The molecular weight excluding hydrogens is 324 g/mol. The van der Waals surface area contributed by atoms with Gasteiger partial charge in [-0.3, -0.25) is 0 Å². The van der Waals surface area contributed by atoms with E-state index in [1.54, 1.807) is 0 Å². The molecule has 0 fully saturated rings. The van der Waals surface area contributed by atoms with Crippen LogP contribution in [0.2, 0.25) is 0 Å². The molecule has 26 heavy (non-hydrogen) atoms. The number of hydrogen-bond acceptors (Lipinski definition) is 4. The molecule has 0 aliphatic carbocycles. The molecule has 2 heterocycles. The Hall–Kier alpha value is -2.62. The zero-order valence-corrected chi connectivity index (χ0v) is 16.2. The first-order chi connectivity index (χ1) is 12.1. The number of fused-ring (bicyclic) bond motifs is 2. The van der Waals surface area contributed by atoms with E-state index in [9.17, 15) is 0 Å². The second kappa shape index (κ2) is 5.44. The Bertz CT molecular complexity index is 1010. The van der Waals surface area contributed by atoms with E-state index in [4.69, 9.17) is 8.83 Å². The van der Waals surface area contributed by atoms with Gasteiger partial charge in [-0.15, -0.1) is 0 Å². The topological polar surface area (TPSA) is 52.1 Å². The first-order valence-corrected chi connectivity index (χ1v) is 8.94. The second-order valence-corrected chi connectivity index (χ2v) is 8.90. The molecule has 0 radical (unpaired) electrons. The molecule has 0 unspecified atom stereocenters. The first-order valence-electron chi connectivity index (χ1n) is 8.94. The van der Waals surface area contributed by atoms with Crippen LogP contribution in [0.4, 0.5) is 0 Å². The standard InChI is InChI=1S/C22H24N2O2/c1-21(2,3)19-23-15-9-7-14(12-18(15)26-19)13-8-10-17-16(11-13)24-20(25-17)22(4,5)6/h7-12H,1-6H3. The minimum absolute atomic E-state index is 0.109. The van der Waals surface area contributed by atoms with Gasteiger partial charge in [0.2, 0.25) is 11.8 Å². The van der Waals surface area contributed by atoms with Gasteiger partial charge < -0.3 is 8.83 Å². The summed E-state index contributed by atoms with van der Waals surface area (Å²) in [4.78, 5) is 9.27. The molecule has 0 spiro atoms. The van der Waals surface area contributed by atoms with E-state index >= 15 is 0 Å². The molecule has 134 valence electrons. The largest absolute Gasteiger partial charge is 0.440 e. The Balaban J connectivity index is 1.79. The first kappa shape index (κ1) is 16.8. The molecular formula is C22H24N2O2. The molecule has 0 aliphatic heterocycles. The van der Waals surface area contributed by atoms with E-state index in [1.807, 2.05) is 18.2 Å². The molecule has 0 saturated carbocycles. The van der Waals surface area contributed by atoms with Crippen molar-refractivity contribution in [3.05, 3.63) is 48.2 Å². The van der Waals surface area contributed by atoms with Crippen molar-refractivity contribution < 1.29 is 8.83 Å². The van der Waals surface area contributed by atoms with Crippen molar-refractivity contribution in [2.45, 2.75) is 52.4 Å². The van der Waals surface area contributed by atoms with E-state index in [0.29, 0.717) is 0 Å². The summed E-state index contributed by atoms with van der Waals surface area (Å²) in [5, 5.41) is 0. The van der Waals surface area contributed by atoms with Crippen LogP contribution in [0.5, 0.6) is 0 Å². The molecule has 4 rings (SSSR count). The summed E-state index contributed by atoms with van der Waals surface area (Å²) in [5.41, 5.74) is 5.33. The summed E-state index contributed by atoms with van der Waals surface area (Å²) in [6.45, 7) is 12.6. The average Bonchev–Trinajstić information content (AvgIpc) is 3.16. The van der Waals surface area contributed by atoms with Gasteiger partial charge in [-0.25, -0.2) is 9.97 Å². The van der Waals surface area contributed by atoms with Crippen LogP contribution >= 0.6 is 0 Å². The lowest BCUT2D eigenvalue weighted by atomic mass is 9.97. The summed E-state index contributed by atoms with van der Waals surface area (Å²) < 4.78 is 11.9. The van der Waals surface area contributed by atoms with Crippen LogP contribution in [0.15, 0.2) is 45.2 Å². The SMILES string of the molecule is CC(C)(C)c1nc2cc(-c3ccc4nc(C(C)(C)C)oc4c3)ccc2o1. The van der Waals surface area contributed by atoms with E-state index in [0.717, 1.165) is 45.1 Å². The monoisotopic (exact) mass is 348 g/mol. The summed E-state index contributed by atoms with van der Waals surface area (Å²) in [6, 6.07) is 12.2. The average molecular weight is 348 g/mol. The van der Waals surface area contributed by atoms with E-state index < -0.39 is 0 Å². The fraction of sp³-hybridized carbons (Fsp3) is 0.364. The molecule has 0 saturated heterocycles. The number of benzene rings is 2. The third-order valence-corrected chi connectivity index (χ3v) is 4.39. The quantitative estimate of drug-likeness (QED) is 0.409. The molecule has 0 N–H and O–H groups in total. The fourth-order valence-electron chi connectivity index (χ4n) is 2.85. The lowest BCUT2D eigenvalue weighted by Gasteiger charge is -2.11. The van der Waals surface area contributed by atoms with Crippen molar-refractivity contribution in [3.8, 4) is 11.1 Å². The zero-order valence-electron chi connectivity index (χ0n) is 16.2. The van der Waals surface area contributed by atoms with Crippen LogP contribution < -0.4 is 0 Å². The molecule has 0 atom stereocenters. The van der Waals surface area contributed by atoms with Gasteiger partial charge in [0.25, 0.3) is 0 Å². The maximum Gasteiger partial charge on any atom is 0.200 e. The van der Waals surface area contributed by atoms with Crippen molar-refractivity contribution in [1.82, 2.24) is 9.97 Å². The van der Waals surface area contributed by atoms with Gasteiger partial charge in [-0.05, 0) is 35.4 Å². The molecule has 4 aromatic rings. The van der Waals surface area contributed by atoms with Crippen LogP contribution in [0.1, 0.15) is 53.3 Å². The van der Waals surface area contributed by atoms with E-state index in [2.05, 4.69) is 69.7 Å². The number of hydrogen-bond donors (Lipinski definition) is 0. The summed E-state index contributed by atoms with van der Waals surface area (Å²) in [7, 11) is 0. The van der Waals surface area contributed by atoms with Crippen molar-refractivity contribution in [2.75, 3.05) is 0 Å². The zero-order chi connectivity index (χ0) is 18.7. The summed E-state index contributed by atoms with van der Waals surface area (Å²) in [5.74, 6) is 1.51. The lowest BCUT2D eigenvalue weighted by Crippen LogP contribution is -2.10. The van der Waals surface area contributed by atoms with Gasteiger partial charge in [0.15, 0.2) is 11.2 Å². The molecule has 2 aromatic carbocycles. The predicted molar refractivity (Wildman–Crippen MR) is 104 cm³/mol. The number of nitrogens with zero attached hydrogens (tertiary/aromatic N) is 2. The highest BCUT2D eigenvalue weighted by Crippen LogP contribution is 2.32. The number of oxazole rings is 2. The van der Waals surface area contributed by atoms with Crippen LogP contribution in [0, 0.1) is 0 Å². The fourth-order valence-corrected chi connectivity index (χ4v) is 2.85. The van der Waals surface area contributed by atoms with Crippen molar-refractivity contribution in [1.29, 1.82) is 0 Å². The number of rotatable bonds is 1. The van der Waals surface area contributed by atoms with Crippen LogP contribution in [-0.4, -0.2) is 9.97 Å². The Morgan fingerprint density at radius 3 is 1.81 bits per heavy atom. The highest BCUT2D eigenvalue weighted by atomic mass is 16.4. The smallest absolute Gasteiger partial charge is 0.200 e. The Morgan fingerprint density at radius 1 is 0.615 bits per heavy atom. The highest BCUT2D eigenvalue weighted by molar-refractivity contribution is 5.84. The van der Waals surface area contributed by atoms with Gasteiger partial charge in [0.05, 0.1) is 0 Å². The third kappa shape index (κ3) is 2.90. The minimum atomic E-state index is -0.110. The van der Waals surface area contributed by atoms with Crippen molar-refractivity contribution in [2.24, 2.45) is 0 Å². The van der Waals surface area contributed by atoms with E-state index in [-0.39, 0.29) is 10.8 Å². The minimum Gasteiger partial charge on any atom is -0.440 e. The predicted octanol–water partition coefficient (Wildman–Crippen LogP) is 6.23. The molecule has 0 amide bonds. The van der Waals surface area contributed by atoms with Gasteiger partial charge >= 0.3 is 0 Å². The normalized spacial score (nSPS) is 13.0. The third-order valence-electron chi connectivity index (χ3n) is 4.39. The Kier molecular flexibility index (Phi) is 3.52. The Labute approximate surface area is 153 Å². The molecule has 2 aromatic heterocycles. The van der Waals surface area contributed by atoms with E-state index in [1.165, 1.54) is 0 Å². The maximum atomic E-state index is 5.99. The van der Waals surface area contributed by atoms with Crippen molar-refractivity contribution in [3.63, 3.8) is 0 Å². The molecule has 4 heteroatoms. The van der Waals surface area contributed by atoms with Gasteiger partial charge in [0.1, 0.15) is 11.0 Å². The maximum absolute atomic E-state index is 5.99. The molecule has 0 aliphatic rings. The summed E-state index contributed by atoms with van der Waals surface area (Å²) >= 11 is 0. The molecule has 0 bridgehead atoms. The van der Waals surface area contributed by atoms with Crippen molar-refractivity contribution >= 4 is 22.2 Å².